The minimum atomic E-state index is -0.118. The highest BCUT2D eigenvalue weighted by molar-refractivity contribution is 6.33. The van der Waals surface area contributed by atoms with Crippen LogP contribution < -0.4 is 11.1 Å². The van der Waals surface area contributed by atoms with Crippen LogP contribution in [0, 0.1) is 0 Å². The fourth-order valence-electron chi connectivity index (χ4n) is 1.38. The molecule has 0 radical (unpaired) electrons. The van der Waals surface area contributed by atoms with E-state index >= 15 is 0 Å². The third kappa shape index (κ3) is 4.63. The molecule has 0 unspecified atom stereocenters. The third-order valence-corrected chi connectivity index (χ3v) is 2.67. The Labute approximate surface area is 107 Å². The second kappa shape index (κ2) is 6.47. The van der Waals surface area contributed by atoms with Crippen molar-refractivity contribution in [1.82, 2.24) is 10.2 Å². The molecule has 1 aromatic carbocycles. The Kier molecular flexibility index (Phi) is 5.25. The molecule has 4 nitrogen and oxygen atoms in total. The highest BCUT2D eigenvalue weighted by Crippen LogP contribution is 2.19. The normalized spacial score (nSPS) is 10.6. The molecule has 0 saturated heterocycles. The molecule has 0 spiro atoms. The van der Waals surface area contributed by atoms with Gasteiger partial charge in [-0.2, -0.15) is 0 Å². The first-order chi connectivity index (χ1) is 8.00. The first-order valence-corrected chi connectivity index (χ1v) is 5.86. The number of hydrogen-bond acceptors (Lipinski definition) is 3. The summed E-state index contributed by atoms with van der Waals surface area (Å²) >= 11 is 5.78. The lowest BCUT2D eigenvalue weighted by Gasteiger charge is -2.10. The zero-order chi connectivity index (χ0) is 12.8. The molecule has 17 heavy (non-hydrogen) atoms. The van der Waals surface area contributed by atoms with Gasteiger partial charge in [-0.15, -0.1) is 0 Å². The van der Waals surface area contributed by atoms with Crippen LogP contribution >= 0.6 is 11.6 Å². The Morgan fingerprint density at radius 1 is 1.47 bits per heavy atom. The number of halogens is 1. The van der Waals surface area contributed by atoms with Gasteiger partial charge >= 0.3 is 0 Å². The molecule has 1 rings (SSSR count). The lowest BCUT2D eigenvalue weighted by molar-refractivity contribution is 0.0952. The maximum absolute atomic E-state index is 11.7. The van der Waals surface area contributed by atoms with E-state index in [4.69, 9.17) is 17.3 Å². The Balaban J connectivity index is 2.44. The van der Waals surface area contributed by atoms with Gasteiger partial charge in [-0.3, -0.25) is 4.79 Å². The molecule has 0 aliphatic heterocycles. The summed E-state index contributed by atoms with van der Waals surface area (Å²) in [5.41, 5.74) is 6.60. The highest BCUT2D eigenvalue weighted by Gasteiger charge is 2.06. The molecule has 1 aromatic rings. The number of anilines is 1. The van der Waals surface area contributed by atoms with Crippen LogP contribution in [0.4, 0.5) is 5.69 Å². The second-order valence-corrected chi connectivity index (χ2v) is 4.56. The monoisotopic (exact) mass is 255 g/mol. The molecule has 0 heterocycles. The van der Waals surface area contributed by atoms with Crippen LogP contribution in [0.2, 0.25) is 5.02 Å². The maximum Gasteiger partial charge on any atom is 0.251 e. The zero-order valence-corrected chi connectivity index (χ0v) is 10.9. The van der Waals surface area contributed by atoms with Crippen LogP contribution in [0.3, 0.4) is 0 Å². The predicted octanol–water partition coefficient (Wildman–Crippen LogP) is 1.60. The van der Waals surface area contributed by atoms with Crippen molar-refractivity contribution in [3.63, 3.8) is 0 Å². The maximum atomic E-state index is 11.7. The molecule has 0 saturated carbocycles. The lowest BCUT2D eigenvalue weighted by atomic mass is 10.2. The van der Waals surface area contributed by atoms with E-state index in [0.29, 0.717) is 22.8 Å². The number of rotatable bonds is 5. The summed E-state index contributed by atoms with van der Waals surface area (Å²) in [6.45, 7) is 1.60. The summed E-state index contributed by atoms with van der Waals surface area (Å²) < 4.78 is 0. The van der Waals surface area contributed by atoms with Crippen LogP contribution in [-0.4, -0.2) is 38.0 Å². The Bertz CT molecular complexity index is 393. The van der Waals surface area contributed by atoms with Crippen LogP contribution in [0.1, 0.15) is 16.8 Å². The van der Waals surface area contributed by atoms with Gasteiger partial charge in [-0.05, 0) is 45.3 Å². The first kappa shape index (κ1) is 13.8. The van der Waals surface area contributed by atoms with Gasteiger partial charge in [0.1, 0.15) is 0 Å². The molecule has 0 aliphatic carbocycles. The summed E-state index contributed by atoms with van der Waals surface area (Å²) in [6, 6.07) is 4.88. The molecule has 94 valence electrons. The molecular formula is C12H18ClN3O. The summed E-state index contributed by atoms with van der Waals surface area (Å²) in [5.74, 6) is -0.118. The van der Waals surface area contributed by atoms with E-state index in [-0.39, 0.29) is 5.91 Å². The predicted molar refractivity (Wildman–Crippen MR) is 71.4 cm³/mol. The zero-order valence-electron chi connectivity index (χ0n) is 10.2. The van der Waals surface area contributed by atoms with E-state index in [9.17, 15) is 4.79 Å². The Morgan fingerprint density at radius 2 is 2.18 bits per heavy atom. The largest absolute Gasteiger partial charge is 0.398 e. The van der Waals surface area contributed by atoms with Gasteiger partial charge in [0.2, 0.25) is 0 Å². The molecule has 0 atom stereocenters. The van der Waals surface area contributed by atoms with Crippen molar-refractivity contribution >= 4 is 23.2 Å². The molecule has 0 aliphatic rings. The van der Waals surface area contributed by atoms with Gasteiger partial charge in [0, 0.05) is 12.1 Å². The van der Waals surface area contributed by atoms with Crippen LogP contribution in [0.5, 0.6) is 0 Å². The SMILES string of the molecule is CN(C)CCCNC(=O)c1ccc(Cl)c(N)c1. The van der Waals surface area contributed by atoms with Gasteiger partial charge in [0.05, 0.1) is 10.7 Å². The van der Waals surface area contributed by atoms with Crippen molar-refractivity contribution < 1.29 is 4.79 Å². The van der Waals surface area contributed by atoms with Gasteiger partial charge in [0.15, 0.2) is 0 Å². The van der Waals surface area contributed by atoms with Gasteiger partial charge < -0.3 is 16.0 Å². The number of hydrogen-bond donors (Lipinski definition) is 2. The molecule has 0 aromatic heterocycles. The van der Waals surface area contributed by atoms with Gasteiger partial charge in [0.25, 0.3) is 5.91 Å². The van der Waals surface area contributed by atoms with Crippen molar-refractivity contribution in [3.8, 4) is 0 Å². The van der Waals surface area contributed by atoms with E-state index in [0.717, 1.165) is 13.0 Å². The molecule has 5 heteroatoms. The first-order valence-electron chi connectivity index (χ1n) is 5.48. The second-order valence-electron chi connectivity index (χ2n) is 4.15. The average molecular weight is 256 g/mol. The van der Waals surface area contributed by atoms with Crippen molar-refractivity contribution in [1.29, 1.82) is 0 Å². The van der Waals surface area contributed by atoms with Crippen LogP contribution in [0.25, 0.3) is 0 Å². The number of amides is 1. The van der Waals surface area contributed by atoms with E-state index in [2.05, 4.69) is 10.2 Å². The van der Waals surface area contributed by atoms with Crippen molar-refractivity contribution in [2.24, 2.45) is 0 Å². The third-order valence-electron chi connectivity index (χ3n) is 2.33. The highest BCUT2D eigenvalue weighted by atomic mass is 35.5. The minimum Gasteiger partial charge on any atom is -0.398 e. The van der Waals surface area contributed by atoms with Gasteiger partial charge in [-0.1, -0.05) is 11.6 Å². The van der Waals surface area contributed by atoms with E-state index in [1.54, 1.807) is 18.2 Å². The van der Waals surface area contributed by atoms with Crippen LogP contribution in [-0.2, 0) is 0 Å². The standard InChI is InChI=1S/C12H18ClN3O/c1-16(2)7-3-6-15-12(17)9-4-5-10(13)11(14)8-9/h4-5,8H,3,6-7,14H2,1-2H3,(H,15,17). The average Bonchev–Trinajstić information content (AvgIpc) is 2.27. The minimum absolute atomic E-state index is 0.118. The lowest BCUT2D eigenvalue weighted by Crippen LogP contribution is -2.27. The number of carbonyl (C=O) groups is 1. The fraction of sp³-hybridized carbons (Fsp3) is 0.417. The quantitative estimate of drug-likeness (QED) is 0.621. The summed E-state index contributed by atoms with van der Waals surface area (Å²) in [5, 5.41) is 3.30. The Hall–Kier alpha value is -1.26. The number of nitrogen functional groups attached to an aromatic ring is 1. The van der Waals surface area contributed by atoms with E-state index in [1.807, 2.05) is 14.1 Å². The summed E-state index contributed by atoms with van der Waals surface area (Å²) in [4.78, 5) is 13.8. The molecular weight excluding hydrogens is 238 g/mol. The fourth-order valence-corrected chi connectivity index (χ4v) is 1.50. The molecule has 0 fully saturated rings. The number of benzene rings is 1. The van der Waals surface area contributed by atoms with Gasteiger partial charge in [-0.25, -0.2) is 0 Å². The van der Waals surface area contributed by atoms with E-state index < -0.39 is 0 Å². The molecule has 3 N–H and O–H groups in total. The number of nitrogens with two attached hydrogens (primary N) is 1. The Morgan fingerprint density at radius 3 is 2.76 bits per heavy atom. The molecule has 1 amide bonds. The van der Waals surface area contributed by atoms with Crippen molar-refractivity contribution in [2.75, 3.05) is 32.9 Å². The van der Waals surface area contributed by atoms with E-state index in [1.165, 1.54) is 0 Å². The number of carbonyl (C=O) groups excluding carboxylic acids is 1. The van der Waals surface area contributed by atoms with Crippen molar-refractivity contribution in [3.05, 3.63) is 28.8 Å². The van der Waals surface area contributed by atoms with Crippen LogP contribution in [0.15, 0.2) is 18.2 Å². The van der Waals surface area contributed by atoms with Crippen molar-refractivity contribution in [2.45, 2.75) is 6.42 Å². The summed E-state index contributed by atoms with van der Waals surface area (Å²) in [6.07, 6.45) is 0.918. The number of nitrogens with one attached hydrogen (secondary N) is 1. The topological polar surface area (TPSA) is 58.4 Å². The molecule has 0 bridgehead atoms. The smallest absolute Gasteiger partial charge is 0.251 e. The summed E-state index contributed by atoms with van der Waals surface area (Å²) in [7, 11) is 4.00. The number of nitrogens with zero attached hydrogens (tertiary/aromatic N) is 1.